The highest BCUT2D eigenvalue weighted by atomic mass is 16.5. The maximum Gasteiger partial charge on any atom is 0.226 e. The van der Waals surface area contributed by atoms with Crippen molar-refractivity contribution in [2.75, 3.05) is 32.8 Å². The van der Waals surface area contributed by atoms with Crippen molar-refractivity contribution in [3.8, 4) is 5.75 Å². The second-order valence-corrected chi connectivity index (χ2v) is 5.03. The number of piperazine rings is 1. The molecule has 0 radical (unpaired) electrons. The monoisotopic (exact) mass is 290 g/mol. The van der Waals surface area contributed by atoms with Crippen LogP contribution in [-0.2, 0) is 9.59 Å². The fraction of sp³-hybridized carbons (Fsp3) is 0.500. The van der Waals surface area contributed by atoms with Crippen LogP contribution in [0.25, 0.3) is 0 Å². The molecule has 1 fully saturated rings. The van der Waals surface area contributed by atoms with Gasteiger partial charge in [-0.25, -0.2) is 0 Å². The predicted octanol–water partition coefficient (Wildman–Crippen LogP) is 1.54. The summed E-state index contributed by atoms with van der Waals surface area (Å²) in [5.74, 6) is 1.03. The van der Waals surface area contributed by atoms with Gasteiger partial charge < -0.3 is 14.5 Å². The summed E-state index contributed by atoms with van der Waals surface area (Å²) in [6.07, 6.45) is 0.898. The molecular formula is C16H22N2O3. The number of carbonyl (C=O) groups is 2. The summed E-state index contributed by atoms with van der Waals surface area (Å²) >= 11 is 0. The van der Waals surface area contributed by atoms with Crippen LogP contribution in [0.1, 0.15) is 19.8 Å². The number of ether oxygens (including phenoxy) is 1. The highest BCUT2D eigenvalue weighted by Gasteiger charge is 2.22. The Labute approximate surface area is 125 Å². The molecule has 21 heavy (non-hydrogen) atoms. The van der Waals surface area contributed by atoms with Crippen LogP contribution in [-0.4, -0.2) is 54.4 Å². The van der Waals surface area contributed by atoms with Crippen molar-refractivity contribution >= 4 is 11.8 Å². The number of rotatable bonds is 5. The first kappa shape index (κ1) is 15.4. The summed E-state index contributed by atoms with van der Waals surface area (Å²) in [5.41, 5.74) is 0. The highest BCUT2D eigenvalue weighted by Crippen LogP contribution is 2.10. The average molecular weight is 290 g/mol. The van der Waals surface area contributed by atoms with Crippen molar-refractivity contribution < 1.29 is 14.3 Å². The maximum atomic E-state index is 12.1. The van der Waals surface area contributed by atoms with Crippen LogP contribution in [0.5, 0.6) is 5.75 Å². The molecule has 1 saturated heterocycles. The smallest absolute Gasteiger partial charge is 0.226 e. The van der Waals surface area contributed by atoms with Crippen molar-refractivity contribution in [1.29, 1.82) is 0 Å². The van der Waals surface area contributed by atoms with E-state index >= 15 is 0 Å². The molecule has 1 aliphatic heterocycles. The van der Waals surface area contributed by atoms with E-state index in [4.69, 9.17) is 4.74 Å². The molecule has 0 unspecified atom stereocenters. The van der Waals surface area contributed by atoms with E-state index in [9.17, 15) is 9.59 Å². The van der Waals surface area contributed by atoms with Gasteiger partial charge in [0, 0.05) is 32.6 Å². The van der Waals surface area contributed by atoms with Crippen molar-refractivity contribution in [3.05, 3.63) is 30.3 Å². The van der Waals surface area contributed by atoms with E-state index in [0.717, 1.165) is 5.75 Å². The molecule has 2 rings (SSSR count). The van der Waals surface area contributed by atoms with Gasteiger partial charge in [0.1, 0.15) is 5.75 Å². The minimum Gasteiger partial charge on any atom is -0.493 e. The Morgan fingerprint density at radius 1 is 1.00 bits per heavy atom. The molecule has 5 nitrogen and oxygen atoms in total. The Kier molecular flexibility index (Phi) is 5.60. The Balaban J connectivity index is 1.69. The third kappa shape index (κ3) is 4.48. The Hall–Kier alpha value is -2.04. The number of benzene rings is 1. The third-order valence-corrected chi connectivity index (χ3v) is 3.62. The molecule has 114 valence electrons. The van der Waals surface area contributed by atoms with Crippen LogP contribution in [0.4, 0.5) is 0 Å². The lowest BCUT2D eigenvalue weighted by molar-refractivity contribution is -0.139. The first-order chi connectivity index (χ1) is 10.2. The van der Waals surface area contributed by atoms with Crippen LogP contribution in [0.3, 0.4) is 0 Å². The van der Waals surface area contributed by atoms with Crippen LogP contribution < -0.4 is 4.74 Å². The van der Waals surface area contributed by atoms with Crippen molar-refractivity contribution in [2.45, 2.75) is 19.8 Å². The van der Waals surface area contributed by atoms with Crippen molar-refractivity contribution in [2.24, 2.45) is 0 Å². The predicted molar refractivity (Wildman–Crippen MR) is 80.0 cm³/mol. The van der Waals surface area contributed by atoms with Gasteiger partial charge in [-0.05, 0) is 12.1 Å². The van der Waals surface area contributed by atoms with Crippen LogP contribution in [0.15, 0.2) is 30.3 Å². The van der Waals surface area contributed by atoms with Gasteiger partial charge in [-0.3, -0.25) is 9.59 Å². The summed E-state index contributed by atoms with van der Waals surface area (Å²) in [7, 11) is 0. The van der Waals surface area contributed by atoms with Crippen LogP contribution in [0, 0.1) is 0 Å². The molecule has 0 atom stereocenters. The number of nitrogens with zero attached hydrogens (tertiary/aromatic N) is 2. The molecule has 0 aliphatic carbocycles. The van der Waals surface area contributed by atoms with Gasteiger partial charge in [0.2, 0.25) is 11.8 Å². The Morgan fingerprint density at radius 3 is 2.14 bits per heavy atom. The van der Waals surface area contributed by atoms with E-state index in [-0.39, 0.29) is 11.8 Å². The van der Waals surface area contributed by atoms with Gasteiger partial charge in [-0.15, -0.1) is 0 Å². The molecule has 0 saturated carbocycles. The second kappa shape index (κ2) is 7.67. The van der Waals surface area contributed by atoms with E-state index in [1.165, 1.54) is 0 Å². The standard InChI is InChI=1S/C16H22N2O3/c1-2-15(19)17-9-11-18(12-10-17)16(20)8-13-21-14-6-4-3-5-7-14/h3-7H,2,8-13H2,1H3. The van der Waals surface area contributed by atoms with E-state index in [2.05, 4.69) is 0 Å². The number of hydrogen-bond acceptors (Lipinski definition) is 3. The van der Waals surface area contributed by atoms with Gasteiger partial charge in [0.15, 0.2) is 0 Å². The minimum atomic E-state index is 0.0922. The zero-order valence-electron chi connectivity index (χ0n) is 12.5. The third-order valence-electron chi connectivity index (χ3n) is 3.62. The Morgan fingerprint density at radius 2 is 1.57 bits per heavy atom. The molecule has 1 aromatic rings. The molecule has 0 bridgehead atoms. The molecule has 1 heterocycles. The average Bonchev–Trinajstić information content (AvgIpc) is 2.55. The van der Waals surface area contributed by atoms with E-state index in [1.807, 2.05) is 47.1 Å². The van der Waals surface area contributed by atoms with Gasteiger partial charge >= 0.3 is 0 Å². The molecule has 0 spiro atoms. The lowest BCUT2D eigenvalue weighted by atomic mass is 10.2. The lowest BCUT2D eigenvalue weighted by Gasteiger charge is -2.34. The van der Waals surface area contributed by atoms with Crippen molar-refractivity contribution in [3.63, 3.8) is 0 Å². The van der Waals surface area contributed by atoms with Crippen molar-refractivity contribution in [1.82, 2.24) is 9.80 Å². The second-order valence-electron chi connectivity index (χ2n) is 5.03. The van der Waals surface area contributed by atoms with E-state index in [1.54, 1.807) is 0 Å². The molecule has 2 amide bonds. The Bertz CT molecular complexity index is 468. The molecule has 5 heteroatoms. The lowest BCUT2D eigenvalue weighted by Crippen LogP contribution is -2.50. The summed E-state index contributed by atoms with van der Waals surface area (Å²) in [6, 6.07) is 9.48. The van der Waals surface area contributed by atoms with Crippen LogP contribution >= 0.6 is 0 Å². The fourth-order valence-corrected chi connectivity index (χ4v) is 2.36. The number of carbonyl (C=O) groups excluding carboxylic acids is 2. The van der Waals surface area contributed by atoms with E-state index < -0.39 is 0 Å². The minimum absolute atomic E-state index is 0.0922. The summed E-state index contributed by atoms with van der Waals surface area (Å²) in [5, 5.41) is 0. The van der Waals surface area contributed by atoms with Crippen LogP contribution in [0.2, 0.25) is 0 Å². The summed E-state index contributed by atoms with van der Waals surface area (Å²) in [4.78, 5) is 27.3. The molecular weight excluding hydrogens is 268 g/mol. The molecule has 1 aromatic carbocycles. The summed E-state index contributed by atoms with van der Waals surface area (Å²) < 4.78 is 5.53. The number of amides is 2. The van der Waals surface area contributed by atoms with E-state index in [0.29, 0.717) is 45.6 Å². The normalized spacial score (nSPS) is 14.9. The molecule has 0 N–H and O–H groups in total. The maximum absolute atomic E-state index is 12.1. The molecule has 0 aromatic heterocycles. The fourth-order valence-electron chi connectivity index (χ4n) is 2.36. The number of hydrogen-bond donors (Lipinski definition) is 0. The largest absolute Gasteiger partial charge is 0.493 e. The zero-order chi connectivity index (χ0) is 15.1. The SMILES string of the molecule is CCC(=O)N1CCN(C(=O)CCOc2ccccc2)CC1. The topological polar surface area (TPSA) is 49.9 Å². The van der Waals surface area contributed by atoms with Gasteiger partial charge in [0.25, 0.3) is 0 Å². The van der Waals surface area contributed by atoms with Gasteiger partial charge in [-0.2, -0.15) is 0 Å². The first-order valence-corrected chi connectivity index (χ1v) is 7.44. The number of para-hydroxylation sites is 1. The van der Waals surface area contributed by atoms with Gasteiger partial charge in [-0.1, -0.05) is 25.1 Å². The zero-order valence-corrected chi connectivity index (χ0v) is 12.5. The van der Waals surface area contributed by atoms with Gasteiger partial charge in [0.05, 0.1) is 13.0 Å². The molecule has 1 aliphatic rings. The first-order valence-electron chi connectivity index (χ1n) is 7.44. The highest BCUT2D eigenvalue weighted by molar-refractivity contribution is 5.78. The summed E-state index contributed by atoms with van der Waals surface area (Å²) in [6.45, 7) is 4.76. The quantitative estimate of drug-likeness (QED) is 0.826.